The number of aromatic nitrogens is 4. The van der Waals surface area contributed by atoms with Crippen LogP contribution in [0.15, 0.2) is 40.4 Å². The highest BCUT2D eigenvalue weighted by molar-refractivity contribution is 7.13. The largest absolute Gasteiger partial charge is 0.361 e. The molecule has 3 heterocycles. The van der Waals surface area contributed by atoms with E-state index < -0.39 is 0 Å². The number of hydrogen-bond donors (Lipinski definition) is 1. The van der Waals surface area contributed by atoms with Crippen molar-refractivity contribution in [2.24, 2.45) is 0 Å². The maximum atomic E-state index is 5.34. The summed E-state index contributed by atoms with van der Waals surface area (Å²) < 4.78 is 5.34. The van der Waals surface area contributed by atoms with Crippen molar-refractivity contribution in [2.75, 3.05) is 0 Å². The number of nitrogens with one attached hydrogen (secondary N) is 1. The third-order valence-corrected chi connectivity index (χ3v) is 4.25. The molecule has 104 valence electrons. The second-order valence-electron chi connectivity index (χ2n) is 4.84. The summed E-state index contributed by atoms with van der Waals surface area (Å²) in [6, 6.07) is 8.18. The molecule has 0 radical (unpaired) electrons. The monoisotopic (exact) mass is 296 g/mol. The van der Waals surface area contributed by atoms with Gasteiger partial charge >= 0.3 is 0 Å². The fourth-order valence-electron chi connectivity index (χ4n) is 2.31. The van der Waals surface area contributed by atoms with E-state index in [-0.39, 0.29) is 0 Å². The number of H-pyrrole nitrogens is 1. The molecular weight excluding hydrogens is 284 g/mol. The molecule has 1 aromatic carbocycles. The van der Waals surface area contributed by atoms with Gasteiger partial charge in [0.05, 0.1) is 6.42 Å². The summed E-state index contributed by atoms with van der Waals surface area (Å²) >= 11 is 1.52. The van der Waals surface area contributed by atoms with E-state index in [4.69, 9.17) is 4.52 Å². The van der Waals surface area contributed by atoms with Crippen LogP contribution in [-0.4, -0.2) is 20.1 Å². The van der Waals surface area contributed by atoms with Gasteiger partial charge in [-0.15, -0.1) is 11.3 Å². The van der Waals surface area contributed by atoms with E-state index in [9.17, 15) is 0 Å². The Bertz CT molecular complexity index is 905. The first-order valence-electron chi connectivity index (χ1n) is 6.60. The number of nitrogens with zero attached hydrogens (tertiary/aromatic N) is 3. The molecule has 0 spiro atoms. The van der Waals surface area contributed by atoms with Crippen molar-refractivity contribution < 1.29 is 4.52 Å². The van der Waals surface area contributed by atoms with Crippen molar-refractivity contribution in [1.82, 2.24) is 20.1 Å². The first-order chi connectivity index (χ1) is 10.3. The molecule has 0 atom stereocenters. The number of benzene rings is 1. The Morgan fingerprint density at radius 1 is 1.24 bits per heavy atom. The van der Waals surface area contributed by atoms with E-state index in [1.54, 1.807) is 0 Å². The minimum Gasteiger partial charge on any atom is -0.361 e. The van der Waals surface area contributed by atoms with E-state index in [2.05, 4.69) is 32.2 Å². The number of fused-ring (bicyclic) bond motifs is 1. The van der Waals surface area contributed by atoms with Crippen LogP contribution in [0.1, 0.15) is 17.1 Å². The summed E-state index contributed by atoms with van der Waals surface area (Å²) in [5.74, 6) is 1.16. The van der Waals surface area contributed by atoms with Crippen LogP contribution >= 0.6 is 11.3 Å². The normalized spacial score (nSPS) is 11.3. The second-order valence-corrected chi connectivity index (χ2v) is 5.70. The molecule has 1 N–H and O–H groups in total. The maximum absolute atomic E-state index is 5.34. The van der Waals surface area contributed by atoms with Gasteiger partial charge < -0.3 is 9.51 Å². The molecule has 4 rings (SSSR count). The van der Waals surface area contributed by atoms with Crippen molar-refractivity contribution in [1.29, 1.82) is 0 Å². The standard InChI is InChI=1S/C15H12N4OS/c1-9-8-21-15(17-9)14-18-13(20-19-14)6-10-7-16-12-5-3-2-4-11(10)12/h2-5,7-8,16H,6H2,1H3. The number of thiazole rings is 1. The number of aromatic amines is 1. The average molecular weight is 296 g/mol. The predicted octanol–water partition coefficient (Wildman–Crippen LogP) is 3.57. The van der Waals surface area contributed by atoms with Gasteiger partial charge in [-0.05, 0) is 18.6 Å². The van der Waals surface area contributed by atoms with Gasteiger partial charge in [-0.2, -0.15) is 4.98 Å². The van der Waals surface area contributed by atoms with E-state index in [1.165, 1.54) is 16.7 Å². The number of para-hydroxylation sites is 1. The van der Waals surface area contributed by atoms with E-state index >= 15 is 0 Å². The molecule has 0 bridgehead atoms. The van der Waals surface area contributed by atoms with E-state index in [0.717, 1.165) is 21.8 Å². The van der Waals surface area contributed by atoms with Crippen LogP contribution in [0.4, 0.5) is 0 Å². The fraction of sp³-hybridized carbons (Fsp3) is 0.133. The Morgan fingerprint density at radius 2 is 2.14 bits per heavy atom. The predicted molar refractivity (Wildman–Crippen MR) is 81.2 cm³/mol. The van der Waals surface area contributed by atoms with Crippen molar-refractivity contribution >= 4 is 22.2 Å². The third-order valence-electron chi connectivity index (χ3n) is 3.29. The van der Waals surface area contributed by atoms with Gasteiger partial charge in [0.25, 0.3) is 0 Å². The molecule has 6 heteroatoms. The molecule has 0 fully saturated rings. The Morgan fingerprint density at radius 3 is 3.00 bits per heavy atom. The minimum absolute atomic E-state index is 0.558. The number of rotatable bonds is 3. The molecular formula is C15H12N4OS. The van der Waals surface area contributed by atoms with Gasteiger partial charge in [0.15, 0.2) is 5.01 Å². The Balaban J connectivity index is 1.64. The van der Waals surface area contributed by atoms with Crippen molar-refractivity contribution in [3.63, 3.8) is 0 Å². The van der Waals surface area contributed by atoms with E-state index in [0.29, 0.717) is 18.1 Å². The number of hydrogen-bond acceptors (Lipinski definition) is 5. The van der Waals surface area contributed by atoms with E-state index in [1.807, 2.05) is 30.6 Å². The second kappa shape index (κ2) is 4.82. The van der Waals surface area contributed by atoms with Gasteiger partial charge in [-0.1, -0.05) is 23.4 Å². The SMILES string of the molecule is Cc1csc(-c2noc(Cc3c[nH]c4ccccc34)n2)n1. The lowest BCUT2D eigenvalue weighted by atomic mass is 10.1. The van der Waals surface area contributed by atoms with Gasteiger partial charge in [0.2, 0.25) is 11.7 Å². The maximum Gasteiger partial charge on any atom is 0.231 e. The Labute approximate surface area is 124 Å². The Kier molecular flexibility index (Phi) is 2.82. The molecule has 5 nitrogen and oxygen atoms in total. The molecule has 4 aromatic rings. The van der Waals surface area contributed by atoms with Crippen LogP contribution in [0.2, 0.25) is 0 Å². The fourth-order valence-corrected chi connectivity index (χ4v) is 3.03. The summed E-state index contributed by atoms with van der Waals surface area (Å²) in [6.45, 7) is 1.95. The molecule has 0 saturated heterocycles. The molecule has 0 aliphatic rings. The Hall–Kier alpha value is -2.47. The quantitative estimate of drug-likeness (QED) is 0.627. The summed E-state index contributed by atoms with van der Waals surface area (Å²) in [6.07, 6.45) is 2.60. The van der Waals surface area contributed by atoms with Crippen LogP contribution in [0.3, 0.4) is 0 Å². The molecule has 0 aliphatic carbocycles. The minimum atomic E-state index is 0.558. The highest BCUT2D eigenvalue weighted by Gasteiger charge is 2.13. The zero-order valence-corrected chi connectivity index (χ0v) is 12.1. The van der Waals surface area contributed by atoms with Crippen LogP contribution < -0.4 is 0 Å². The molecule has 0 unspecified atom stereocenters. The van der Waals surface area contributed by atoms with Crippen LogP contribution in [0, 0.1) is 6.92 Å². The topological polar surface area (TPSA) is 67.6 Å². The molecule has 3 aromatic heterocycles. The lowest BCUT2D eigenvalue weighted by Crippen LogP contribution is -1.87. The highest BCUT2D eigenvalue weighted by Crippen LogP contribution is 2.23. The summed E-state index contributed by atoms with van der Waals surface area (Å²) in [4.78, 5) is 12.1. The zero-order chi connectivity index (χ0) is 14.2. The average Bonchev–Trinajstić information content (AvgIpc) is 3.20. The first-order valence-corrected chi connectivity index (χ1v) is 7.47. The highest BCUT2D eigenvalue weighted by atomic mass is 32.1. The van der Waals surface area contributed by atoms with Crippen LogP contribution in [0.25, 0.3) is 21.7 Å². The van der Waals surface area contributed by atoms with Crippen LogP contribution in [-0.2, 0) is 6.42 Å². The number of aryl methyl sites for hydroxylation is 1. The van der Waals surface area contributed by atoms with Crippen molar-refractivity contribution in [3.8, 4) is 10.8 Å². The van der Waals surface area contributed by atoms with Gasteiger partial charge in [0.1, 0.15) is 0 Å². The summed E-state index contributed by atoms with van der Waals surface area (Å²) in [5.41, 5.74) is 3.23. The van der Waals surface area contributed by atoms with Crippen LogP contribution in [0.5, 0.6) is 0 Å². The van der Waals surface area contributed by atoms with Crippen molar-refractivity contribution in [2.45, 2.75) is 13.3 Å². The molecule has 0 aliphatic heterocycles. The first kappa shape index (κ1) is 12.3. The lowest BCUT2D eigenvalue weighted by molar-refractivity contribution is 0.386. The summed E-state index contributed by atoms with van der Waals surface area (Å²) in [5, 5.41) is 7.96. The van der Waals surface area contributed by atoms with Crippen molar-refractivity contribution in [3.05, 3.63) is 53.0 Å². The molecule has 0 amide bonds. The lowest BCUT2D eigenvalue weighted by Gasteiger charge is -1.93. The summed E-state index contributed by atoms with van der Waals surface area (Å²) in [7, 11) is 0. The van der Waals surface area contributed by atoms with Gasteiger partial charge in [-0.25, -0.2) is 4.98 Å². The zero-order valence-electron chi connectivity index (χ0n) is 11.3. The molecule has 0 saturated carbocycles. The smallest absolute Gasteiger partial charge is 0.231 e. The van der Waals surface area contributed by atoms with Gasteiger partial charge in [0, 0.05) is 28.2 Å². The van der Waals surface area contributed by atoms with Gasteiger partial charge in [-0.3, -0.25) is 0 Å². The third kappa shape index (κ3) is 2.23. The molecule has 21 heavy (non-hydrogen) atoms.